The summed E-state index contributed by atoms with van der Waals surface area (Å²) in [6.45, 7) is 8.31. The molecule has 4 heteroatoms. The highest BCUT2D eigenvalue weighted by molar-refractivity contribution is 5.80. The van der Waals surface area contributed by atoms with Crippen molar-refractivity contribution >= 4 is 5.96 Å². The molecular formula is C19H31N3O. The zero-order chi connectivity index (χ0) is 16.7. The van der Waals surface area contributed by atoms with Gasteiger partial charge < -0.3 is 15.0 Å². The van der Waals surface area contributed by atoms with Crippen molar-refractivity contribution < 1.29 is 4.74 Å². The van der Waals surface area contributed by atoms with Gasteiger partial charge >= 0.3 is 0 Å². The van der Waals surface area contributed by atoms with Crippen molar-refractivity contribution in [2.45, 2.75) is 39.8 Å². The van der Waals surface area contributed by atoms with Crippen LogP contribution in [-0.2, 0) is 17.9 Å². The van der Waals surface area contributed by atoms with Gasteiger partial charge in [-0.1, -0.05) is 38.1 Å². The number of guanidine groups is 1. The number of nitrogens with one attached hydrogen (secondary N) is 1. The van der Waals surface area contributed by atoms with Crippen LogP contribution in [0.25, 0.3) is 0 Å². The molecule has 0 spiro atoms. The summed E-state index contributed by atoms with van der Waals surface area (Å²) >= 11 is 0. The van der Waals surface area contributed by atoms with Gasteiger partial charge in [0, 0.05) is 33.8 Å². The van der Waals surface area contributed by atoms with Crippen LogP contribution in [0.2, 0.25) is 0 Å². The van der Waals surface area contributed by atoms with Crippen LogP contribution in [-0.4, -0.2) is 38.1 Å². The second-order valence-corrected chi connectivity index (χ2v) is 6.88. The minimum absolute atomic E-state index is 0.658. The molecule has 0 saturated carbocycles. The van der Waals surface area contributed by atoms with Gasteiger partial charge in [0.05, 0.1) is 6.61 Å². The number of ether oxygens (including phenoxy) is 1. The lowest BCUT2D eigenvalue weighted by molar-refractivity contribution is 0.185. The van der Waals surface area contributed by atoms with E-state index in [-0.39, 0.29) is 0 Å². The largest absolute Gasteiger partial charge is 0.380 e. The molecule has 1 fully saturated rings. The molecule has 1 heterocycles. The number of hydrogen-bond acceptors (Lipinski definition) is 2. The lowest BCUT2D eigenvalue weighted by atomic mass is 9.97. The van der Waals surface area contributed by atoms with Crippen LogP contribution in [0.1, 0.15) is 37.8 Å². The van der Waals surface area contributed by atoms with E-state index in [1.165, 1.54) is 24.0 Å². The highest BCUT2D eigenvalue weighted by Crippen LogP contribution is 2.23. The molecule has 0 bridgehead atoms. The first-order valence-corrected chi connectivity index (χ1v) is 8.64. The van der Waals surface area contributed by atoms with Crippen molar-refractivity contribution in [3.05, 3.63) is 35.4 Å². The van der Waals surface area contributed by atoms with Gasteiger partial charge in [-0.05, 0) is 35.8 Å². The second-order valence-electron chi connectivity index (χ2n) is 6.88. The molecule has 1 aliphatic rings. The molecule has 1 aliphatic heterocycles. The quantitative estimate of drug-likeness (QED) is 0.646. The molecule has 23 heavy (non-hydrogen) atoms. The van der Waals surface area contributed by atoms with Gasteiger partial charge in [0.1, 0.15) is 0 Å². The van der Waals surface area contributed by atoms with Gasteiger partial charge in [-0.15, -0.1) is 0 Å². The van der Waals surface area contributed by atoms with E-state index in [0.29, 0.717) is 6.61 Å². The number of aliphatic imine (C=N–C) groups is 1. The molecule has 1 aromatic rings. The molecule has 0 aliphatic carbocycles. The third-order valence-electron chi connectivity index (χ3n) is 4.35. The van der Waals surface area contributed by atoms with E-state index in [4.69, 9.17) is 4.74 Å². The number of rotatable bonds is 6. The molecule has 1 aromatic carbocycles. The van der Waals surface area contributed by atoms with E-state index >= 15 is 0 Å². The Morgan fingerprint density at radius 1 is 1.39 bits per heavy atom. The topological polar surface area (TPSA) is 36.9 Å². The standard InChI is InChI=1S/C19H31N3O/c1-15(2)10-17-8-9-22(13-17)19(20-3)21-12-16-6-5-7-18(11-16)14-23-4/h5-7,11,15,17H,8-10,12-14H2,1-4H3,(H,20,21). The van der Waals surface area contributed by atoms with Gasteiger partial charge in [-0.3, -0.25) is 4.99 Å². The predicted molar refractivity (Wildman–Crippen MR) is 96.5 cm³/mol. The maximum absolute atomic E-state index is 5.20. The summed E-state index contributed by atoms with van der Waals surface area (Å²) in [6, 6.07) is 8.52. The molecule has 1 N–H and O–H groups in total. The van der Waals surface area contributed by atoms with Crippen LogP contribution in [0, 0.1) is 11.8 Å². The maximum atomic E-state index is 5.20. The second kappa shape index (κ2) is 8.92. The molecule has 128 valence electrons. The average molecular weight is 317 g/mol. The first kappa shape index (κ1) is 17.8. The minimum Gasteiger partial charge on any atom is -0.380 e. The van der Waals surface area contributed by atoms with Gasteiger partial charge in [0.15, 0.2) is 5.96 Å². The van der Waals surface area contributed by atoms with Crippen molar-refractivity contribution in [3.8, 4) is 0 Å². The Kier molecular flexibility index (Phi) is 6.90. The van der Waals surface area contributed by atoms with Crippen molar-refractivity contribution in [3.63, 3.8) is 0 Å². The number of benzene rings is 1. The molecule has 1 atom stereocenters. The van der Waals surface area contributed by atoms with Crippen LogP contribution in [0.5, 0.6) is 0 Å². The van der Waals surface area contributed by atoms with Crippen LogP contribution in [0.15, 0.2) is 29.3 Å². The molecule has 0 amide bonds. The summed E-state index contributed by atoms with van der Waals surface area (Å²) in [6.07, 6.45) is 2.59. The SMILES string of the molecule is CN=C(NCc1cccc(COC)c1)N1CCC(CC(C)C)C1. The van der Waals surface area contributed by atoms with E-state index in [1.807, 2.05) is 7.05 Å². The first-order valence-electron chi connectivity index (χ1n) is 8.64. The summed E-state index contributed by atoms with van der Waals surface area (Å²) in [5.41, 5.74) is 2.47. The van der Waals surface area contributed by atoms with Crippen LogP contribution in [0.3, 0.4) is 0 Å². The molecule has 1 saturated heterocycles. The molecule has 1 unspecified atom stereocenters. The lowest BCUT2D eigenvalue weighted by Gasteiger charge is -2.22. The fraction of sp³-hybridized carbons (Fsp3) is 0.632. The summed E-state index contributed by atoms with van der Waals surface area (Å²) in [5.74, 6) is 2.60. The smallest absolute Gasteiger partial charge is 0.193 e. The van der Waals surface area contributed by atoms with E-state index in [1.54, 1.807) is 7.11 Å². The van der Waals surface area contributed by atoms with E-state index in [2.05, 4.69) is 53.3 Å². The lowest BCUT2D eigenvalue weighted by Crippen LogP contribution is -2.39. The normalized spacial score (nSPS) is 18.7. The number of methoxy groups -OCH3 is 1. The molecule has 2 rings (SSSR count). The monoisotopic (exact) mass is 317 g/mol. The van der Waals surface area contributed by atoms with Crippen LogP contribution >= 0.6 is 0 Å². The number of hydrogen-bond donors (Lipinski definition) is 1. The van der Waals surface area contributed by atoms with Crippen molar-refractivity contribution in [1.82, 2.24) is 10.2 Å². The van der Waals surface area contributed by atoms with Gasteiger partial charge in [0.25, 0.3) is 0 Å². The fourth-order valence-corrected chi connectivity index (χ4v) is 3.39. The fourth-order valence-electron chi connectivity index (χ4n) is 3.39. The van der Waals surface area contributed by atoms with E-state index < -0.39 is 0 Å². The molecule has 0 aromatic heterocycles. The van der Waals surface area contributed by atoms with Crippen molar-refractivity contribution in [2.24, 2.45) is 16.8 Å². The summed E-state index contributed by atoms with van der Waals surface area (Å²) in [7, 11) is 3.60. The highest BCUT2D eigenvalue weighted by atomic mass is 16.5. The molecule has 4 nitrogen and oxygen atoms in total. The zero-order valence-corrected chi connectivity index (χ0v) is 15.0. The van der Waals surface area contributed by atoms with Gasteiger partial charge in [-0.25, -0.2) is 0 Å². The van der Waals surface area contributed by atoms with Gasteiger partial charge in [-0.2, -0.15) is 0 Å². The van der Waals surface area contributed by atoms with Crippen molar-refractivity contribution in [2.75, 3.05) is 27.2 Å². The Hall–Kier alpha value is -1.55. The number of nitrogens with zero attached hydrogens (tertiary/aromatic N) is 2. The minimum atomic E-state index is 0.658. The molecular weight excluding hydrogens is 286 g/mol. The summed E-state index contributed by atoms with van der Waals surface area (Å²) in [4.78, 5) is 6.86. The van der Waals surface area contributed by atoms with Crippen LogP contribution < -0.4 is 5.32 Å². The van der Waals surface area contributed by atoms with Gasteiger partial charge in [0.2, 0.25) is 0 Å². The zero-order valence-electron chi connectivity index (χ0n) is 15.0. The predicted octanol–water partition coefficient (Wildman–Crippen LogP) is 3.28. The molecule has 0 radical (unpaired) electrons. The Morgan fingerprint density at radius 2 is 2.17 bits per heavy atom. The summed E-state index contributed by atoms with van der Waals surface area (Å²) in [5, 5.41) is 3.51. The van der Waals surface area contributed by atoms with E-state index in [9.17, 15) is 0 Å². The summed E-state index contributed by atoms with van der Waals surface area (Å²) < 4.78 is 5.20. The van der Waals surface area contributed by atoms with Crippen LogP contribution in [0.4, 0.5) is 0 Å². The third-order valence-corrected chi connectivity index (χ3v) is 4.35. The van der Waals surface area contributed by atoms with E-state index in [0.717, 1.165) is 37.4 Å². The Balaban J connectivity index is 1.87. The Morgan fingerprint density at radius 3 is 2.87 bits per heavy atom. The first-order chi connectivity index (χ1) is 11.1. The highest BCUT2D eigenvalue weighted by Gasteiger charge is 2.25. The number of likely N-dealkylation sites (tertiary alicyclic amines) is 1. The maximum Gasteiger partial charge on any atom is 0.193 e. The van der Waals surface area contributed by atoms with Crippen molar-refractivity contribution in [1.29, 1.82) is 0 Å². The average Bonchev–Trinajstić information content (AvgIpc) is 2.96. The Labute approximate surface area is 140 Å². The third kappa shape index (κ3) is 5.54. The Bertz CT molecular complexity index is 513.